The number of carbonyl (C=O) groups is 3. The molecule has 0 saturated heterocycles. The fourth-order valence-corrected chi connectivity index (χ4v) is 1.93. The molecule has 0 aliphatic heterocycles. The summed E-state index contributed by atoms with van der Waals surface area (Å²) in [6.45, 7) is 3.22. The van der Waals surface area contributed by atoms with Crippen molar-refractivity contribution in [3.63, 3.8) is 0 Å². The number of rotatable bonds is 6. The van der Waals surface area contributed by atoms with Gasteiger partial charge in [-0.15, -0.1) is 0 Å². The Bertz CT molecular complexity index is 722. The Labute approximate surface area is 139 Å². The molecule has 0 saturated carbocycles. The van der Waals surface area contributed by atoms with Crippen LogP contribution in [0.3, 0.4) is 0 Å². The van der Waals surface area contributed by atoms with Crippen molar-refractivity contribution in [2.24, 2.45) is 0 Å². The van der Waals surface area contributed by atoms with Gasteiger partial charge in [-0.25, -0.2) is 4.79 Å². The van der Waals surface area contributed by atoms with Crippen LogP contribution in [0.5, 0.6) is 0 Å². The third kappa shape index (κ3) is 4.70. The Morgan fingerprint density at radius 2 is 1.88 bits per heavy atom. The maximum Gasteiger partial charge on any atom is 0.340 e. The molecule has 0 spiro atoms. The number of ether oxygens (including phenoxy) is 1. The average Bonchev–Trinajstić information content (AvgIpc) is 3.07. The van der Waals surface area contributed by atoms with Gasteiger partial charge in [0.1, 0.15) is 0 Å². The third-order valence-electron chi connectivity index (χ3n) is 2.92. The molecule has 1 aromatic heterocycles. The van der Waals surface area contributed by atoms with E-state index in [4.69, 9.17) is 9.15 Å². The zero-order valence-electron chi connectivity index (χ0n) is 13.4. The first-order valence-corrected chi connectivity index (χ1v) is 7.37. The average molecular weight is 330 g/mol. The first-order chi connectivity index (χ1) is 11.5. The quantitative estimate of drug-likeness (QED) is 0.791. The molecule has 24 heavy (non-hydrogen) atoms. The number of carbonyl (C=O) groups excluding carboxylic acids is 3. The Morgan fingerprint density at radius 3 is 2.54 bits per heavy atom. The number of hydrogen-bond donors (Lipinski definition) is 2. The summed E-state index contributed by atoms with van der Waals surface area (Å²) in [4.78, 5) is 35.7. The van der Waals surface area contributed by atoms with Crippen molar-refractivity contribution in [2.75, 3.05) is 11.9 Å². The van der Waals surface area contributed by atoms with Crippen LogP contribution in [-0.2, 0) is 9.53 Å². The summed E-state index contributed by atoms with van der Waals surface area (Å²) in [5, 5.41) is 5.20. The molecule has 2 aromatic rings. The molecule has 7 heteroatoms. The number of furan rings is 1. The normalized spacial score (nSPS) is 10.3. The monoisotopic (exact) mass is 330 g/mol. The van der Waals surface area contributed by atoms with Crippen LogP contribution < -0.4 is 10.6 Å². The van der Waals surface area contributed by atoms with Gasteiger partial charge < -0.3 is 19.8 Å². The van der Waals surface area contributed by atoms with Gasteiger partial charge in [-0.05, 0) is 38.1 Å². The SMILES string of the molecule is CC(C)NC(=O)COC(=O)c1ccccc1NC(=O)c1ccco1. The second-order valence-corrected chi connectivity index (χ2v) is 5.28. The predicted octanol–water partition coefficient (Wildman–Crippen LogP) is 2.21. The number of nitrogens with one attached hydrogen (secondary N) is 2. The molecule has 7 nitrogen and oxygen atoms in total. The smallest absolute Gasteiger partial charge is 0.340 e. The van der Waals surface area contributed by atoms with Crippen LogP contribution in [0.1, 0.15) is 34.8 Å². The fourth-order valence-electron chi connectivity index (χ4n) is 1.93. The largest absolute Gasteiger partial charge is 0.459 e. The topological polar surface area (TPSA) is 97.6 Å². The minimum absolute atomic E-state index is 0.0453. The van der Waals surface area contributed by atoms with E-state index in [0.29, 0.717) is 0 Å². The molecule has 1 aromatic carbocycles. The first kappa shape index (κ1) is 17.3. The Morgan fingerprint density at radius 1 is 1.12 bits per heavy atom. The molecule has 0 aliphatic rings. The predicted molar refractivity (Wildman–Crippen MR) is 86.7 cm³/mol. The summed E-state index contributed by atoms with van der Waals surface area (Å²) in [6.07, 6.45) is 1.38. The molecular weight excluding hydrogens is 312 g/mol. The van der Waals surface area contributed by atoms with Crippen LogP contribution in [0.2, 0.25) is 0 Å². The Hall–Kier alpha value is -3.09. The van der Waals surface area contributed by atoms with E-state index in [2.05, 4.69) is 10.6 Å². The Kier molecular flexibility index (Phi) is 5.73. The summed E-state index contributed by atoms with van der Waals surface area (Å²) in [7, 11) is 0. The van der Waals surface area contributed by atoms with E-state index < -0.39 is 24.4 Å². The lowest BCUT2D eigenvalue weighted by molar-refractivity contribution is -0.124. The summed E-state index contributed by atoms with van der Waals surface area (Å²) in [5.41, 5.74) is 0.419. The van der Waals surface area contributed by atoms with Gasteiger partial charge in [-0.3, -0.25) is 9.59 Å². The molecule has 0 fully saturated rings. The van der Waals surface area contributed by atoms with E-state index in [-0.39, 0.29) is 23.1 Å². The number of amides is 2. The number of para-hydroxylation sites is 1. The maximum atomic E-state index is 12.1. The second-order valence-electron chi connectivity index (χ2n) is 5.28. The molecule has 2 amide bonds. The third-order valence-corrected chi connectivity index (χ3v) is 2.92. The molecule has 0 radical (unpaired) electrons. The minimum Gasteiger partial charge on any atom is -0.459 e. The van der Waals surface area contributed by atoms with E-state index in [1.165, 1.54) is 18.4 Å². The number of hydrogen-bond acceptors (Lipinski definition) is 5. The van der Waals surface area contributed by atoms with Gasteiger partial charge >= 0.3 is 5.97 Å². The lowest BCUT2D eigenvalue weighted by Gasteiger charge is -2.11. The van der Waals surface area contributed by atoms with Crippen molar-refractivity contribution in [3.05, 3.63) is 54.0 Å². The van der Waals surface area contributed by atoms with Crippen LogP contribution in [0, 0.1) is 0 Å². The minimum atomic E-state index is -0.704. The molecule has 2 N–H and O–H groups in total. The van der Waals surface area contributed by atoms with Crippen molar-refractivity contribution >= 4 is 23.5 Å². The summed E-state index contributed by atoms with van der Waals surface area (Å²) < 4.78 is 9.98. The van der Waals surface area contributed by atoms with E-state index >= 15 is 0 Å². The second kappa shape index (κ2) is 7.96. The van der Waals surface area contributed by atoms with Crippen molar-refractivity contribution < 1.29 is 23.5 Å². The van der Waals surface area contributed by atoms with Crippen molar-refractivity contribution in [3.8, 4) is 0 Å². The summed E-state index contributed by atoms with van der Waals surface area (Å²) in [6, 6.07) is 9.41. The highest BCUT2D eigenvalue weighted by atomic mass is 16.5. The van der Waals surface area contributed by atoms with Gasteiger partial charge in [-0.2, -0.15) is 0 Å². The molecule has 0 bridgehead atoms. The molecule has 126 valence electrons. The van der Waals surface area contributed by atoms with Crippen molar-refractivity contribution in [1.29, 1.82) is 0 Å². The van der Waals surface area contributed by atoms with Crippen LogP contribution in [0.15, 0.2) is 47.1 Å². The molecule has 0 unspecified atom stereocenters. The highest BCUT2D eigenvalue weighted by Crippen LogP contribution is 2.17. The molecular formula is C17H18N2O5. The van der Waals surface area contributed by atoms with Gasteiger partial charge in [0, 0.05) is 6.04 Å². The van der Waals surface area contributed by atoms with E-state index in [1.807, 2.05) is 0 Å². The van der Waals surface area contributed by atoms with Gasteiger partial charge in [0.2, 0.25) is 0 Å². The lowest BCUT2D eigenvalue weighted by atomic mass is 10.1. The lowest BCUT2D eigenvalue weighted by Crippen LogP contribution is -2.34. The number of benzene rings is 1. The summed E-state index contributed by atoms with van der Waals surface area (Å²) in [5.74, 6) is -1.47. The van der Waals surface area contributed by atoms with Crippen LogP contribution in [0.4, 0.5) is 5.69 Å². The molecule has 1 heterocycles. The van der Waals surface area contributed by atoms with Crippen LogP contribution in [0.25, 0.3) is 0 Å². The van der Waals surface area contributed by atoms with Gasteiger partial charge in [0.15, 0.2) is 12.4 Å². The zero-order valence-corrected chi connectivity index (χ0v) is 13.4. The van der Waals surface area contributed by atoms with Gasteiger partial charge in [0.25, 0.3) is 11.8 Å². The van der Waals surface area contributed by atoms with Crippen LogP contribution in [-0.4, -0.2) is 30.4 Å². The standard InChI is InChI=1S/C17H18N2O5/c1-11(2)18-15(20)10-24-17(22)12-6-3-4-7-13(12)19-16(21)14-8-5-9-23-14/h3-9,11H,10H2,1-2H3,(H,18,20)(H,19,21). The highest BCUT2D eigenvalue weighted by molar-refractivity contribution is 6.06. The van der Waals surface area contributed by atoms with Gasteiger partial charge in [-0.1, -0.05) is 12.1 Å². The zero-order chi connectivity index (χ0) is 17.5. The fraction of sp³-hybridized carbons (Fsp3) is 0.235. The van der Waals surface area contributed by atoms with Crippen molar-refractivity contribution in [1.82, 2.24) is 5.32 Å². The highest BCUT2D eigenvalue weighted by Gasteiger charge is 2.17. The van der Waals surface area contributed by atoms with E-state index in [1.54, 1.807) is 38.1 Å². The van der Waals surface area contributed by atoms with E-state index in [9.17, 15) is 14.4 Å². The van der Waals surface area contributed by atoms with Crippen molar-refractivity contribution in [2.45, 2.75) is 19.9 Å². The molecule has 0 atom stereocenters. The van der Waals surface area contributed by atoms with E-state index in [0.717, 1.165) is 0 Å². The summed E-state index contributed by atoms with van der Waals surface area (Å²) >= 11 is 0. The van der Waals surface area contributed by atoms with Crippen LogP contribution >= 0.6 is 0 Å². The number of anilines is 1. The Balaban J connectivity index is 2.03. The van der Waals surface area contributed by atoms with Gasteiger partial charge in [0.05, 0.1) is 17.5 Å². The maximum absolute atomic E-state index is 12.1. The number of esters is 1. The molecule has 2 rings (SSSR count). The first-order valence-electron chi connectivity index (χ1n) is 7.37. The molecule has 0 aliphatic carbocycles.